The normalized spacial score (nSPS) is 20.2. The van der Waals surface area contributed by atoms with Crippen LogP contribution in [0, 0.1) is 5.41 Å². The minimum Gasteiger partial charge on any atom is -0.287 e. The van der Waals surface area contributed by atoms with Crippen LogP contribution in [0.4, 0.5) is 0 Å². The molecule has 0 atom stereocenters. The fourth-order valence-electron chi connectivity index (χ4n) is 1.10. The Labute approximate surface area is 99.9 Å². The highest BCUT2D eigenvalue weighted by atomic mass is 14.8. The summed E-state index contributed by atoms with van der Waals surface area (Å²) in [6, 6.07) is 0. The van der Waals surface area contributed by atoms with Crippen LogP contribution in [0.25, 0.3) is 0 Å². The van der Waals surface area contributed by atoms with Gasteiger partial charge in [-0.15, -0.1) is 0 Å². The number of allylic oxidation sites excluding steroid dienone is 2. The highest BCUT2D eigenvalue weighted by Gasteiger charge is 2.16. The van der Waals surface area contributed by atoms with Crippen molar-refractivity contribution < 1.29 is 0 Å². The van der Waals surface area contributed by atoms with Gasteiger partial charge in [0.1, 0.15) is 0 Å². The largest absolute Gasteiger partial charge is 0.287 e. The number of hydrogen-bond acceptors (Lipinski definition) is 2. The lowest BCUT2D eigenvalue weighted by Crippen LogP contribution is -2.22. The van der Waals surface area contributed by atoms with Crippen LogP contribution in [-0.4, -0.2) is 25.0 Å². The Bertz CT molecular complexity index is 288. The van der Waals surface area contributed by atoms with E-state index < -0.39 is 0 Å². The van der Waals surface area contributed by atoms with Crippen LogP contribution in [0.1, 0.15) is 34.6 Å². The van der Waals surface area contributed by atoms with Gasteiger partial charge in [0.25, 0.3) is 0 Å². The number of rotatable bonds is 0. The van der Waals surface area contributed by atoms with E-state index in [9.17, 15) is 0 Å². The average molecular weight is 220 g/mol. The smallest absolute Gasteiger partial charge is 0.0583 e. The molecule has 1 aliphatic heterocycles. The molecule has 2 heteroatoms. The van der Waals surface area contributed by atoms with Crippen molar-refractivity contribution in [1.82, 2.24) is 0 Å². The van der Waals surface area contributed by atoms with Crippen molar-refractivity contribution in [3.05, 3.63) is 24.3 Å². The maximum Gasteiger partial charge on any atom is 0.0583 e. The van der Waals surface area contributed by atoms with Gasteiger partial charge in [0.2, 0.25) is 0 Å². The highest BCUT2D eigenvalue weighted by Crippen LogP contribution is 2.15. The van der Waals surface area contributed by atoms with Crippen LogP contribution in [0.3, 0.4) is 0 Å². The van der Waals surface area contributed by atoms with E-state index in [2.05, 4.69) is 36.8 Å². The minimum atomic E-state index is 0.0836. The molecule has 0 spiro atoms. The molecule has 0 N–H and O–H groups in total. The molecule has 1 heterocycles. The van der Waals surface area contributed by atoms with Crippen molar-refractivity contribution in [2.24, 2.45) is 15.4 Å². The maximum absolute atomic E-state index is 4.50. The van der Waals surface area contributed by atoms with E-state index in [1.54, 1.807) is 0 Å². The summed E-state index contributed by atoms with van der Waals surface area (Å²) in [4.78, 5) is 8.81. The molecule has 1 aliphatic rings. The monoisotopic (exact) mass is 220 g/mol. The number of hydrogen-bond donors (Lipinski definition) is 0. The van der Waals surface area contributed by atoms with Crippen molar-refractivity contribution in [3.8, 4) is 0 Å². The van der Waals surface area contributed by atoms with Crippen molar-refractivity contribution in [2.75, 3.05) is 13.1 Å². The molecular weight excluding hydrogens is 196 g/mol. The quantitative estimate of drug-likeness (QED) is 0.595. The first kappa shape index (κ1) is 14.8. The Morgan fingerprint density at radius 1 is 1.00 bits per heavy atom. The first-order valence-corrected chi connectivity index (χ1v) is 5.97. The Morgan fingerprint density at radius 3 is 2.12 bits per heavy atom. The van der Waals surface area contributed by atoms with Gasteiger partial charge in [-0.1, -0.05) is 58.9 Å². The van der Waals surface area contributed by atoms with Crippen LogP contribution in [-0.2, 0) is 0 Å². The molecule has 0 aromatic carbocycles. The van der Waals surface area contributed by atoms with E-state index in [4.69, 9.17) is 0 Å². The van der Waals surface area contributed by atoms with Gasteiger partial charge >= 0.3 is 0 Å². The average Bonchev–Trinajstić information content (AvgIpc) is 2.27. The maximum atomic E-state index is 4.50. The lowest BCUT2D eigenvalue weighted by atomic mass is 9.90. The summed E-state index contributed by atoms with van der Waals surface area (Å²) in [5, 5.41) is 0. The third-order valence-corrected chi connectivity index (χ3v) is 1.94. The molecule has 1 rings (SSSR count). The third kappa shape index (κ3) is 6.33. The van der Waals surface area contributed by atoms with E-state index in [1.165, 1.54) is 0 Å². The molecule has 0 amide bonds. The van der Waals surface area contributed by atoms with E-state index in [1.807, 2.05) is 38.3 Å². The zero-order valence-electron chi connectivity index (χ0n) is 11.2. The van der Waals surface area contributed by atoms with Gasteiger partial charge in [-0.3, -0.25) is 9.98 Å². The van der Waals surface area contributed by atoms with Gasteiger partial charge in [-0.05, 0) is 0 Å². The standard InChI is InChI=1S/C12H18N2.C2H6/c1-12(2,3)11-10-13-8-6-4-5-7-9-14-11;1-2/h4-7,10H,8-9H2,1-3H3;1-2H3/b6-4-,7-5-,13-10?,14-11?;. The first-order chi connectivity index (χ1) is 7.61. The summed E-state index contributed by atoms with van der Waals surface area (Å²) >= 11 is 0. The van der Waals surface area contributed by atoms with Crippen molar-refractivity contribution in [3.63, 3.8) is 0 Å². The topological polar surface area (TPSA) is 24.7 Å². The van der Waals surface area contributed by atoms with Gasteiger partial charge in [-0.25, -0.2) is 0 Å². The zero-order chi connectivity index (χ0) is 12.4. The predicted molar refractivity (Wildman–Crippen MR) is 74.7 cm³/mol. The third-order valence-electron chi connectivity index (χ3n) is 1.94. The molecule has 90 valence electrons. The Balaban J connectivity index is 0.00000106. The second-order valence-corrected chi connectivity index (χ2v) is 4.33. The Hall–Kier alpha value is -1.18. The van der Waals surface area contributed by atoms with Crippen molar-refractivity contribution >= 4 is 11.9 Å². The summed E-state index contributed by atoms with van der Waals surface area (Å²) in [5.41, 5.74) is 1.15. The van der Waals surface area contributed by atoms with Crippen LogP contribution in [0.5, 0.6) is 0 Å². The SMILES string of the molecule is CC.CC(C)(C)C1=NC/C=C\C=C/CN=C1. The highest BCUT2D eigenvalue weighted by molar-refractivity contribution is 6.32. The molecule has 0 fully saturated rings. The second-order valence-electron chi connectivity index (χ2n) is 4.33. The Morgan fingerprint density at radius 2 is 1.56 bits per heavy atom. The van der Waals surface area contributed by atoms with Crippen molar-refractivity contribution in [1.29, 1.82) is 0 Å². The summed E-state index contributed by atoms with van der Waals surface area (Å²) in [6.07, 6.45) is 10.0. The summed E-state index contributed by atoms with van der Waals surface area (Å²) < 4.78 is 0. The number of aliphatic imine (C=N–C) groups is 2. The van der Waals surface area contributed by atoms with E-state index in [0.717, 1.165) is 18.8 Å². The molecular formula is C14H24N2. The molecule has 2 nitrogen and oxygen atoms in total. The molecule has 0 saturated heterocycles. The van der Waals surface area contributed by atoms with Gasteiger partial charge in [0.15, 0.2) is 0 Å². The summed E-state index contributed by atoms with van der Waals surface area (Å²) in [6.45, 7) is 11.9. The Kier molecular flexibility index (Phi) is 7.44. The number of nitrogens with zero attached hydrogens (tertiary/aromatic N) is 2. The predicted octanol–water partition coefficient (Wildman–Crippen LogP) is 3.70. The van der Waals surface area contributed by atoms with Crippen LogP contribution in [0.2, 0.25) is 0 Å². The molecule has 0 aliphatic carbocycles. The van der Waals surface area contributed by atoms with E-state index in [0.29, 0.717) is 0 Å². The minimum absolute atomic E-state index is 0.0836. The van der Waals surface area contributed by atoms with Gasteiger partial charge in [0, 0.05) is 11.6 Å². The van der Waals surface area contributed by atoms with E-state index >= 15 is 0 Å². The van der Waals surface area contributed by atoms with Crippen LogP contribution < -0.4 is 0 Å². The second kappa shape index (κ2) is 8.03. The fraction of sp³-hybridized carbons (Fsp3) is 0.571. The lowest BCUT2D eigenvalue weighted by molar-refractivity contribution is 0.596. The molecule has 16 heavy (non-hydrogen) atoms. The van der Waals surface area contributed by atoms with Crippen molar-refractivity contribution in [2.45, 2.75) is 34.6 Å². The van der Waals surface area contributed by atoms with Gasteiger partial charge < -0.3 is 0 Å². The van der Waals surface area contributed by atoms with Crippen LogP contribution >= 0.6 is 0 Å². The molecule has 0 unspecified atom stereocenters. The molecule has 0 aromatic rings. The van der Waals surface area contributed by atoms with Gasteiger partial charge in [0.05, 0.1) is 18.8 Å². The first-order valence-electron chi connectivity index (χ1n) is 5.97. The van der Waals surface area contributed by atoms with Gasteiger partial charge in [-0.2, -0.15) is 0 Å². The van der Waals surface area contributed by atoms with E-state index in [-0.39, 0.29) is 5.41 Å². The summed E-state index contributed by atoms with van der Waals surface area (Å²) in [5.74, 6) is 0. The summed E-state index contributed by atoms with van der Waals surface area (Å²) in [7, 11) is 0. The van der Waals surface area contributed by atoms with Crippen LogP contribution in [0.15, 0.2) is 34.3 Å². The lowest BCUT2D eigenvalue weighted by Gasteiger charge is -2.18. The molecule has 0 bridgehead atoms. The molecule has 0 aromatic heterocycles. The molecule has 0 saturated carbocycles. The zero-order valence-corrected chi connectivity index (χ0v) is 11.2. The fourth-order valence-corrected chi connectivity index (χ4v) is 1.10. The molecule has 0 radical (unpaired) electrons.